The normalized spacial score (nSPS) is 20.6. The molecule has 1 aromatic rings. The SMILES string of the molecule is O=C1CC(CCl)CN1c1ncc(Cl)nc1Cl. The van der Waals surface area contributed by atoms with Crippen LogP contribution in [0.3, 0.4) is 0 Å². The van der Waals surface area contributed by atoms with Gasteiger partial charge >= 0.3 is 0 Å². The third-order valence-corrected chi connectivity index (χ3v) is 3.23. The largest absolute Gasteiger partial charge is 0.294 e. The van der Waals surface area contributed by atoms with E-state index in [1.807, 2.05) is 0 Å². The summed E-state index contributed by atoms with van der Waals surface area (Å²) < 4.78 is 0. The number of hydrogen-bond acceptors (Lipinski definition) is 3. The Morgan fingerprint density at radius 3 is 2.81 bits per heavy atom. The highest BCUT2D eigenvalue weighted by Gasteiger charge is 2.32. The molecule has 0 saturated carbocycles. The predicted molar refractivity (Wildman–Crippen MR) is 63.2 cm³/mol. The van der Waals surface area contributed by atoms with Gasteiger partial charge in [0.15, 0.2) is 11.0 Å². The van der Waals surface area contributed by atoms with Crippen LogP contribution in [0.4, 0.5) is 5.82 Å². The van der Waals surface area contributed by atoms with Gasteiger partial charge in [0.25, 0.3) is 0 Å². The molecule has 86 valence electrons. The Labute approximate surface area is 108 Å². The summed E-state index contributed by atoms with van der Waals surface area (Å²) in [6.45, 7) is 0.526. The van der Waals surface area contributed by atoms with Gasteiger partial charge in [-0.3, -0.25) is 9.69 Å². The zero-order valence-electron chi connectivity index (χ0n) is 8.16. The third kappa shape index (κ3) is 2.24. The van der Waals surface area contributed by atoms with Gasteiger partial charge in [-0.15, -0.1) is 11.6 Å². The lowest BCUT2D eigenvalue weighted by atomic mass is 10.2. The highest BCUT2D eigenvalue weighted by atomic mass is 35.5. The molecular formula is C9H8Cl3N3O. The van der Waals surface area contributed by atoms with Crippen LogP contribution < -0.4 is 4.90 Å². The molecule has 0 aromatic carbocycles. The van der Waals surface area contributed by atoms with Gasteiger partial charge in [-0.05, 0) is 5.92 Å². The van der Waals surface area contributed by atoms with Crippen molar-refractivity contribution < 1.29 is 4.79 Å². The van der Waals surface area contributed by atoms with Gasteiger partial charge in [0.05, 0.1) is 6.20 Å². The van der Waals surface area contributed by atoms with Crippen molar-refractivity contribution in [2.24, 2.45) is 5.92 Å². The van der Waals surface area contributed by atoms with Crippen LogP contribution in [0.15, 0.2) is 6.20 Å². The Balaban J connectivity index is 2.28. The van der Waals surface area contributed by atoms with Crippen LogP contribution >= 0.6 is 34.8 Å². The van der Waals surface area contributed by atoms with E-state index in [0.717, 1.165) is 0 Å². The van der Waals surface area contributed by atoms with Gasteiger partial charge in [-0.2, -0.15) is 0 Å². The van der Waals surface area contributed by atoms with E-state index in [2.05, 4.69) is 9.97 Å². The highest BCUT2D eigenvalue weighted by Crippen LogP contribution is 2.29. The lowest BCUT2D eigenvalue weighted by molar-refractivity contribution is -0.117. The number of hydrogen-bond donors (Lipinski definition) is 0. The molecule has 1 aliphatic heterocycles. The monoisotopic (exact) mass is 279 g/mol. The molecule has 1 aliphatic rings. The maximum Gasteiger partial charge on any atom is 0.228 e. The minimum Gasteiger partial charge on any atom is -0.294 e. The van der Waals surface area contributed by atoms with Crippen molar-refractivity contribution >= 4 is 46.5 Å². The quantitative estimate of drug-likeness (QED) is 0.781. The molecular weight excluding hydrogens is 272 g/mol. The van der Waals surface area contributed by atoms with E-state index in [4.69, 9.17) is 34.8 Å². The van der Waals surface area contributed by atoms with E-state index in [-0.39, 0.29) is 22.1 Å². The van der Waals surface area contributed by atoms with E-state index in [0.29, 0.717) is 24.7 Å². The van der Waals surface area contributed by atoms with Crippen molar-refractivity contribution in [1.82, 2.24) is 9.97 Å². The first-order chi connectivity index (χ1) is 7.61. The summed E-state index contributed by atoms with van der Waals surface area (Å²) in [6, 6.07) is 0. The summed E-state index contributed by atoms with van der Waals surface area (Å²) in [6.07, 6.45) is 1.79. The molecule has 2 heterocycles. The van der Waals surface area contributed by atoms with Crippen LogP contribution in [-0.2, 0) is 4.79 Å². The average Bonchev–Trinajstić information content (AvgIpc) is 2.60. The van der Waals surface area contributed by atoms with Gasteiger partial charge in [-0.1, -0.05) is 23.2 Å². The lowest BCUT2D eigenvalue weighted by Gasteiger charge is -2.15. The first kappa shape index (κ1) is 11.9. The first-order valence-electron chi connectivity index (χ1n) is 4.66. The Kier molecular flexibility index (Phi) is 3.52. The van der Waals surface area contributed by atoms with Gasteiger partial charge in [0.2, 0.25) is 5.91 Å². The fourth-order valence-corrected chi connectivity index (χ4v) is 2.24. The zero-order valence-corrected chi connectivity index (χ0v) is 10.4. The smallest absolute Gasteiger partial charge is 0.228 e. The molecule has 7 heteroatoms. The Bertz CT molecular complexity index is 426. The number of aromatic nitrogens is 2. The zero-order chi connectivity index (χ0) is 11.7. The van der Waals surface area contributed by atoms with Crippen molar-refractivity contribution in [3.8, 4) is 0 Å². The van der Waals surface area contributed by atoms with Crippen molar-refractivity contribution in [2.75, 3.05) is 17.3 Å². The van der Waals surface area contributed by atoms with E-state index >= 15 is 0 Å². The second kappa shape index (κ2) is 4.73. The summed E-state index contributed by atoms with van der Waals surface area (Å²) in [5.74, 6) is 0.900. The topological polar surface area (TPSA) is 46.1 Å². The number of halogens is 3. The van der Waals surface area contributed by atoms with Crippen LogP contribution in [0.2, 0.25) is 10.3 Å². The minimum absolute atomic E-state index is 0.0378. The summed E-state index contributed by atoms with van der Waals surface area (Å²) >= 11 is 17.2. The number of anilines is 1. The van der Waals surface area contributed by atoms with Crippen molar-refractivity contribution in [1.29, 1.82) is 0 Å². The lowest BCUT2D eigenvalue weighted by Crippen LogP contribution is -2.26. The van der Waals surface area contributed by atoms with E-state index in [1.165, 1.54) is 11.1 Å². The van der Waals surface area contributed by atoms with Gasteiger partial charge in [0, 0.05) is 18.8 Å². The molecule has 0 aliphatic carbocycles. The number of rotatable bonds is 2. The predicted octanol–water partition coefficient (Wildman–Crippen LogP) is 2.38. The van der Waals surface area contributed by atoms with Crippen LogP contribution in [-0.4, -0.2) is 28.3 Å². The van der Waals surface area contributed by atoms with Crippen LogP contribution in [0.5, 0.6) is 0 Å². The molecule has 0 spiro atoms. The van der Waals surface area contributed by atoms with Crippen molar-refractivity contribution in [3.63, 3.8) is 0 Å². The molecule has 1 amide bonds. The van der Waals surface area contributed by atoms with Crippen molar-refractivity contribution in [3.05, 3.63) is 16.5 Å². The molecule has 0 N–H and O–H groups in total. The number of alkyl halides is 1. The molecule has 4 nitrogen and oxygen atoms in total. The Hall–Kier alpha value is -0.580. The van der Waals surface area contributed by atoms with E-state index < -0.39 is 0 Å². The number of carbonyl (C=O) groups is 1. The van der Waals surface area contributed by atoms with E-state index in [1.54, 1.807) is 0 Å². The molecule has 2 rings (SSSR count). The number of carbonyl (C=O) groups excluding carboxylic acids is 1. The highest BCUT2D eigenvalue weighted by molar-refractivity contribution is 6.34. The van der Waals surface area contributed by atoms with Gasteiger partial charge < -0.3 is 0 Å². The fraction of sp³-hybridized carbons (Fsp3) is 0.444. The molecule has 0 radical (unpaired) electrons. The Morgan fingerprint density at radius 1 is 1.50 bits per heavy atom. The molecule has 1 atom stereocenters. The van der Waals surface area contributed by atoms with E-state index in [9.17, 15) is 4.79 Å². The summed E-state index contributed by atoms with van der Waals surface area (Å²) in [5.41, 5.74) is 0. The summed E-state index contributed by atoms with van der Waals surface area (Å²) in [4.78, 5) is 21.0. The molecule has 16 heavy (non-hydrogen) atoms. The maximum absolute atomic E-state index is 11.7. The van der Waals surface area contributed by atoms with Crippen molar-refractivity contribution in [2.45, 2.75) is 6.42 Å². The summed E-state index contributed by atoms with van der Waals surface area (Å²) in [7, 11) is 0. The molecule has 0 bridgehead atoms. The number of amides is 1. The van der Waals surface area contributed by atoms with Crippen LogP contribution in [0.1, 0.15) is 6.42 Å². The summed E-state index contributed by atoms with van der Waals surface area (Å²) in [5, 5.41) is 0.338. The molecule has 1 unspecified atom stereocenters. The molecule has 1 saturated heterocycles. The number of nitrogens with zero attached hydrogens (tertiary/aromatic N) is 3. The molecule has 1 aromatic heterocycles. The van der Waals surface area contributed by atoms with Gasteiger partial charge in [-0.25, -0.2) is 9.97 Å². The van der Waals surface area contributed by atoms with Crippen LogP contribution in [0.25, 0.3) is 0 Å². The fourth-order valence-electron chi connectivity index (χ4n) is 1.61. The van der Waals surface area contributed by atoms with Gasteiger partial charge in [0.1, 0.15) is 5.15 Å². The third-order valence-electron chi connectivity index (χ3n) is 2.36. The maximum atomic E-state index is 11.7. The minimum atomic E-state index is -0.0378. The first-order valence-corrected chi connectivity index (χ1v) is 5.95. The Morgan fingerprint density at radius 2 is 2.25 bits per heavy atom. The second-order valence-electron chi connectivity index (χ2n) is 3.54. The standard InChI is InChI=1S/C9H8Cl3N3O/c10-2-5-1-7(16)15(4-5)9-8(12)14-6(11)3-13-9/h3,5H,1-2,4H2. The second-order valence-corrected chi connectivity index (χ2v) is 4.59. The molecule has 1 fully saturated rings. The average molecular weight is 281 g/mol. The van der Waals surface area contributed by atoms with Crippen LogP contribution in [0, 0.1) is 5.92 Å².